The van der Waals surface area contributed by atoms with Gasteiger partial charge in [0.05, 0.1) is 13.7 Å². The predicted molar refractivity (Wildman–Crippen MR) is 90.8 cm³/mol. The fourth-order valence-electron chi connectivity index (χ4n) is 2.37. The summed E-state index contributed by atoms with van der Waals surface area (Å²) in [5.74, 6) is -3.95. The Morgan fingerprint density at radius 2 is 1.74 bits per heavy atom. The molecule has 0 aliphatic heterocycles. The lowest BCUT2D eigenvalue weighted by atomic mass is 10.2. The van der Waals surface area contributed by atoms with Crippen LogP contribution in [0.4, 0.5) is 24.8 Å². The van der Waals surface area contributed by atoms with Crippen LogP contribution in [0.15, 0.2) is 46.0 Å². The Labute approximate surface area is 150 Å². The number of ether oxygens (including phenoxy) is 1. The number of methoxy groups -OCH3 is 1. The molecule has 10 heteroatoms. The Kier molecular flexibility index (Phi) is 4.97. The number of rotatable bonds is 5. The van der Waals surface area contributed by atoms with Crippen molar-refractivity contribution >= 4 is 11.6 Å². The zero-order chi connectivity index (χ0) is 19.6. The molecule has 1 aromatic heterocycles. The molecule has 0 bridgehead atoms. The Morgan fingerprint density at radius 1 is 1.11 bits per heavy atom. The molecule has 27 heavy (non-hydrogen) atoms. The summed E-state index contributed by atoms with van der Waals surface area (Å²) in [4.78, 5) is 29.3. The van der Waals surface area contributed by atoms with Gasteiger partial charge in [-0.2, -0.15) is 4.98 Å². The molecule has 2 aromatic carbocycles. The first-order chi connectivity index (χ1) is 12.9. The molecule has 0 amide bonds. The molecule has 0 aliphatic carbocycles. The zero-order valence-corrected chi connectivity index (χ0v) is 13.9. The van der Waals surface area contributed by atoms with Crippen molar-refractivity contribution in [1.29, 1.82) is 0 Å². The van der Waals surface area contributed by atoms with E-state index in [-0.39, 0.29) is 18.1 Å². The minimum atomic E-state index is -1.61. The third-order valence-electron chi connectivity index (χ3n) is 3.65. The molecular weight excluding hydrogens is 365 g/mol. The van der Waals surface area contributed by atoms with Gasteiger partial charge in [0.15, 0.2) is 17.5 Å². The summed E-state index contributed by atoms with van der Waals surface area (Å²) in [6.45, 7) is -0.352. The lowest BCUT2D eigenvalue weighted by Crippen LogP contribution is -2.34. The van der Waals surface area contributed by atoms with Crippen molar-refractivity contribution in [3.05, 3.63) is 80.4 Å². The van der Waals surface area contributed by atoms with E-state index in [1.165, 1.54) is 7.11 Å². The van der Waals surface area contributed by atoms with Crippen molar-refractivity contribution in [3.8, 4) is 5.75 Å². The molecule has 2 N–H and O–H groups in total. The molecule has 0 unspecified atom stereocenters. The minimum absolute atomic E-state index is 0.0277. The molecule has 7 nitrogen and oxygen atoms in total. The smallest absolute Gasteiger partial charge is 0.352 e. The van der Waals surface area contributed by atoms with E-state index in [4.69, 9.17) is 4.74 Å². The molecule has 0 fully saturated rings. The van der Waals surface area contributed by atoms with E-state index >= 15 is 0 Å². The number of hydrogen-bond donors (Lipinski definition) is 2. The van der Waals surface area contributed by atoms with Gasteiger partial charge in [0.25, 0.3) is 0 Å². The SMILES string of the molecule is COc1ccc(Nc2nc(=O)[nH]c(=O)n2Cc2cc(F)c(F)c(F)c2)cc1. The Morgan fingerprint density at radius 3 is 2.33 bits per heavy atom. The fourth-order valence-corrected chi connectivity index (χ4v) is 2.37. The quantitative estimate of drug-likeness (QED) is 0.664. The maximum Gasteiger partial charge on any atom is 0.352 e. The number of nitrogens with one attached hydrogen (secondary N) is 2. The summed E-state index contributed by atoms with van der Waals surface area (Å²) in [5, 5.41) is 2.78. The molecule has 1 heterocycles. The summed E-state index contributed by atoms with van der Waals surface area (Å²) in [6.07, 6.45) is 0. The van der Waals surface area contributed by atoms with Gasteiger partial charge < -0.3 is 10.1 Å². The van der Waals surface area contributed by atoms with Crippen molar-refractivity contribution < 1.29 is 17.9 Å². The van der Waals surface area contributed by atoms with Gasteiger partial charge in [-0.25, -0.2) is 22.8 Å². The molecular formula is C17H13F3N4O3. The molecule has 0 radical (unpaired) electrons. The van der Waals surface area contributed by atoms with Gasteiger partial charge in [0, 0.05) is 5.69 Å². The van der Waals surface area contributed by atoms with E-state index in [1.54, 1.807) is 24.3 Å². The lowest BCUT2D eigenvalue weighted by Gasteiger charge is -2.13. The summed E-state index contributed by atoms with van der Waals surface area (Å²) in [5.41, 5.74) is -1.29. The molecule has 0 saturated heterocycles. The second-order valence-electron chi connectivity index (χ2n) is 5.48. The summed E-state index contributed by atoms with van der Waals surface area (Å²) < 4.78 is 45.9. The predicted octanol–water partition coefficient (Wildman–Crippen LogP) is 2.15. The number of anilines is 2. The Hall–Kier alpha value is -3.56. The van der Waals surface area contributed by atoms with E-state index in [2.05, 4.69) is 10.3 Å². The van der Waals surface area contributed by atoms with Gasteiger partial charge in [-0.15, -0.1) is 0 Å². The standard InChI is InChI=1S/C17H13F3N4O3/c1-27-11-4-2-10(3-5-11)21-15-22-16(25)23-17(26)24(15)8-9-6-12(18)14(20)13(19)7-9/h2-7H,8H2,1H3,(H2,21,22,23,25,26). The number of benzene rings is 2. The van der Waals surface area contributed by atoms with Crippen LogP contribution >= 0.6 is 0 Å². The summed E-state index contributed by atoms with van der Waals surface area (Å²) in [6, 6.07) is 8.03. The largest absolute Gasteiger partial charge is 0.497 e. The molecule has 0 saturated carbocycles. The van der Waals surface area contributed by atoms with Gasteiger partial charge in [-0.1, -0.05) is 0 Å². The first-order valence-electron chi connectivity index (χ1n) is 7.63. The van der Waals surface area contributed by atoms with Crippen molar-refractivity contribution in [2.24, 2.45) is 0 Å². The van der Waals surface area contributed by atoms with E-state index < -0.39 is 28.8 Å². The topological polar surface area (TPSA) is 89.0 Å². The first kappa shape index (κ1) is 18.2. The number of H-pyrrole nitrogens is 1. The number of nitrogens with zero attached hydrogens (tertiary/aromatic N) is 2. The monoisotopic (exact) mass is 378 g/mol. The molecule has 0 spiro atoms. The lowest BCUT2D eigenvalue weighted by molar-refractivity contribution is 0.415. The summed E-state index contributed by atoms with van der Waals surface area (Å²) >= 11 is 0. The normalized spacial score (nSPS) is 10.7. The maximum atomic E-state index is 13.4. The van der Waals surface area contributed by atoms with Crippen molar-refractivity contribution in [2.45, 2.75) is 6.54 Å². The zero-order valence-electron chi connectivity index (χ0n) is 13.9. The van der Waals surface area contributed by atoms with Crippen LogP contribution < -0.4 is 21.4 Å². The van der Waals surface area contributed by atoms with Crippen LogP contribution in [0.3, 0.4) is 0 Å². The van der Waals surface area contributed by atoms with Gasteiger partial charge in [0.1, 0.15) is 5.75 Å². The van der Waals surface area contributed by atoms with Crippen molar-refractivity contribution in [1.82, 2.24) is 14.5 Å². The van der Waals surface area contributed by atoms with Gasteiger partial charge in [-0.3, -0.25) is 9.55 Å². The second kappa shape index (κ2) is 7.36. The number of aromatic nitrogens is 3. The van der Waals surface area contributed by atoms with E-state index in [9.17, 15) is 22.8 Å². The number of aromatic amines is 1. The van der Waals surface area contributed by atoms with Crippen LogP contribution in [-0.4, -0.2) is 21.6 Å². The van der Waals surface area contributed by atoms with Crippen LogP contribution in [0, 0.1) is 17.5 Å². The summed E-state index contributed by atoms with van der Waals surface area (Å²) in [7, 11) is 1.50. The van der Waals surface area contributed by atoms with Crippen molar-refractivity contribution in [3.63, 3.8) is 0 Å². The van der Waals surface area contributed by atoms with Crippen LogP contribution in [-0.2, 0) is 6.54 Å². The first-order valence-corrected chi connectivity index (χ1v) is 7.63. The fraction of sp³-hybridized carbons (Fsp3) is 0.118. The van der Waals surface area contributed by atoms with Crippen molar-refractivity contribution in [2.75, 3.05) is 12.4 Å². The highest BCUT2D eigenvalue weighted by atomic mass is 19.2. The maximum absolute atomic E-state index is 13.4. The van der Waals surface area contributed by atoms with Crippen LogP contribution in [0.1, 0.15) is 5.56 Å². The Balaban J connectivity index is 1.99. The van der Waals surface area contributed by atoms with Gasteiger partial charge in [0.2, 0.25) is 5.95 Å². The second-order valence-corrected chi connectivity index (χ2v) is 5.48. The number of hydrogen-bond acceptors (Lipinski definition) is 5. The highest BCUT2D eigenvalue weighted by Crippen LogP contribution is 2.19. The van der Waals surface area contributed by atoms with E-state index in [0.717, 1.165) is 16.7 Å². The highest BCUT2D eigenvalue weighted by Gasteiger charge is 2.14. The van der Waals surface area contributed by atoms with Crippen LogP contribution in [0.25, 0.3) is 0 Å². The van der Waals surface area contributed by atoms with Gasteiger partial charge in [-0.05, 0) is 42.0 Å². The van der Waals surface area contributed by atoms with Gasteiger partial charge >= 0.3 is 11.4 Å². The van der Waals surface area contributed by atoms with E-state index in [0.29, 0.717) is 11.4 Å². The molecule has 140 valence electrons. The third-order valence-corrected chi connectivity index (χ3v) is 3.65. The van der Waals surface area contributed by atoms with Crippen LogP contribution in [0.5, 0.6) is 5.75 Å². The molecule has 0 atom stereocenters. The van der Waals surface area contributed by atoms with E-state index in [1.807, 2.05) is 4.98 Å². The molecule has 0 aliphatic rings. The molecule has 3 rings (SSSR count). The van der Waals surface area contributed by atoms with Crippen LogP contribution in [0.2, 0.25) is 0 Å². The average molecular weight is 378 g/mol. The molecule has 3 aromatic rings. The average Bonchev–Trinajstić information content (AvgIpc) is 2.63. The minimum Gasteiger partial charge on any atom is -0.497 e. The third kappa shape index (κ3) is 4.00. The number of halogens is 3. The highest BCUT2D eigenvalue weighted by molar-refractivity contribution is 5.54. The Bertz CT molecular complexity index is 1070.